The number of likely N-dealkylation sites (tertiary alicyclic amines) is 1. The lowest BCUT2D eigenvalue weighted by molar-refractivity contribution is 0.207. The monoisotopic (exact) mass is 380 g/mol. The van der Waals surface area contributed by atoms with Crippen molar-refractivity contribution in [3.05, 3.63) is 41.7 Å². The summed E-state index contributed by atoms with van der Waals surface area (Å²) in [6, 6.07) is 7.57. The zero-order chi connectivity index (χ0) is 19.7. The highest BCUT2D eigenvalue weighted by atomic mass is 16.2. The van der Waals surface area contributed by atoms with Crippen molar-refractivity contribution >= 4 is 11.7 Å². The molecule has 9 nitrogen and oxygen atoms in total. The Balaban J connectivity index is 1.53. The van der Waals surface area contributed by atoms with Crippen LogP contribution >= 0.6 is 0 Å². The van der Waals surface area contributed by atoms with Crippen LogP contribution in [0.5, 0.6) is 0 Å². The zero-order valence-corrected chi connectivity index (χ0v) is 16.3. The molecule has 1 atom stereocenters. The Morgan fingerprint density at radius 3 is 2.96 bits per heavy atom. The van der Waals surface area contributed by atoms with Gasteiger partial charge >= 0.3 is 6.03 Å². The Morgan fingerprint density at radius 2 is 2.21 bits per heavy atom. The number of hydrogen-bond acceptors (Lipinski definition) is 5. The fourth-order valence-corrected chi connectivity index (χ4v) is 3.83. The third-order valence-corrected chi connectivity index (χ3v) is 5.13. The lowest BCUT2D eigenvalue weighted by Crippen LogP contribution is -2.34. The molecule has 1 N–H and O–H groups in total. The number of urea groups is 1. The number of tetrazole rings is 1. The van der Waals surface area contributed by atoms with E-state index in [1.54, 1.807) is 9.36 Å². The Bertz CT molecular complexity index is 991. The number of anilines is 1. The summed E-state index contributed by atoms with van der Waals surface area (Å²) in [5.41, 5.74) is 3.68. The molecule has 3 aromatic rings. The van der Waals surface area contributed by atoms with Gasteiger partial charge in [0.2, 0.25) is 0 Å². The molecule has 0 bridgehead atoms. The van der Waals surface area contributed by atoms with Gasteiger partial charge in [-0.2, -0.15) is 5.10 Å². The Kier molecular flexibility index (Phi) is 4.81. The highest BCUT2D eigenvalue weighted by Gasteiger charge is 2.32. The summed E-state index contributed by atoms with van der Waals surface area (Å²) in [5.74, 6) is 0.684. The molecule has 3 heterocycles. The van der Waals surface area contributed by atoms with Gasteiger partial charge in [0.15, 0.2) is 5.82 Å². The smallest absolute Gasteiger partial charge is 0.317 e. The molecule has 1 fully saturated rings. The van der Waals surface area contributed by atoms with E-state index >= 15 is 0 Å². The third-order valence-electron chi connectivity index (χ3n) is 5.13. The van der Waals surface area contributed by atoms with E-state index in [9.17, 15) is 4.79 Å². The van der Waals surface area contributed by atoms with Crippen LogP contribution in [0.3, 0.4) is 0 Å². The molecule has 146 valence electrons. The molecule has 9 heteroatoms. The number of aromatic nitrogens is 6. The molecule has 1 aromatic carbocycles. The summed E-state index contributed by atoms with van der Waals surface area (Å²) in [6.07, 6.45) is 3.94. The molecule has 0 spiro atoms. The number of benzene rings is 1. The normalized spacial score (nSPS) is 16.5. The van der Waals surface area contributed by atoms with Gasteiger partial charge in [0.25, 0.3) is 0 Å². The first-order chi connectivity index (χ1) is 13.6. The average molecular weight is 380 g/mol. The minimum atomic E-state index is -0.0991. The number of amides is 2. The number of nitrogens with one attached hydrogen (secondary N) is 1. The summed E-state index contributed by atoms with van der Waals surface area (Å²) in [6.45, 7) is 5.39. The molecule has 4 rings (SSSR count). The topological polar surface area (TPSA) is 93.8 Å². The van der Waals surface area contributed by atoms with Crippen molar-refractivity contribution in [3.8, 4) is 11.4 Å². The standard InChI is InChI=1S/C19H24N8O/c1-4-27-18(21-23-24-27)14-7-5-8-15(11-14)20-19(28)26-10-6-9-17(26)16-12-25(3)22-13(16)2/h5,7-8,11-12,17H,4,6,9-10H2,1-3H3,(H,20,28). The summed E-state index contributed by atoms with van der Waals surface area (Å²) >= 11 is 0. The fourth-order valence-electron chi connectivity index (χ4n) is 3.83. The summed E-state index contributed by atoms with van der Waals surface area (Å²) in [5, 5.41) is 19.3. The second-order valence-corrected chi connectivity index (χ2v) is 7.02. The van der Waals surface area contributed by atoms with Gasteiger partial charge in [0.05, 0.1) is 11.7 Å². The minimum absolute atomic E-state index is 0.0595. The Labute approximate surface area is 163 Å². The molecule has 2 aromatic heterocycles. The van der Waals surface area contributed by atoms with Crippen LogP contribution < -0.4 is 5.32 Å². The number of nitrogens with zero attached hydrogens (tertiary/aromatic N) is 7. The third kappa shape index (κ3) is 3.35. The van der Waals surface area contributed by atoms with Crippen molar-refractivity contribution in [2.75, 3.05) is 11.9 Å². The molecule has 0 radical (unpaired) electrons. The first-order valence-corrected chi connectivity index (χ1v) is 9.51. The maximum absolute atomic E-state index is 13.0. The van der Waals surface area contributed by atoms with E-state index in [4.69, 9.17) is 0 Å². The predicted molar refractivity (Wildman–Crippen MR) is 105 cm³/mol. The molecule has 1 saturated heterocycles. The first-order valence-electron chi connectivity index (χ1n) is 9.51. The van der Waals surface area contributed by atoms with E-state index in [-0.39, 0.29) is 12.1 Å². The number of hydrogen-bond donors (Lipinski definition) is 1. The molecule has 1 aliphatic rings. The van der Waals surface area contributed by atoms with E-state index < -0.39 is 0 Å². The SMILES string of the molecule is CCn1nnnc1-c1cccc(NC(=O)N2CCCC2c2cn(C)nc2C)c1. The molecule has 1 unspecified atom stereocenters. The van der Waals surface area contributed by atoms with Crippen LogP contribution in [0.2, 0.25) is 0 Å². The summed E-state index contributed by atoms with van der Waals surface area (Å²) in [7, 11) is 1.91. The molecule has 1 aliphatic heterocycles. The van der Waals surface area contributed by atoms with E-state index in [0.717, 1.165) is 41.9 Å². The summed E-state index contributed by atoms with van der Waals surface area (Å²) < 4.78 is 3.53. The van der Waals surface area contributed by atoms with Gasteiger partial charge in [0.1, 0.15) is 0 Å². The molecule has 0 aliphatic carbocycles. The van der Waals surface area contributed by atoms with Crippen molar-refractivity contribution in [2.45, 2.75) is 39.3 Å². The molecule has 2 amide bonds. The zero-order valence-electron chi connectivity index (χ0n) is 16.3. The highest BCUT2D eigenvalue weighted by Crippen LogP contribution is 2.34. The maximum Gasteiger partial charge on any atom is 0.322 e. The van der Waals surface area contributed by atoms with Crippen molar-refractivity contribution in [3.63, 3.8) is 0 Å². The number of carbonyl (C=O) groups is 1. The van der Waals surface area contributed by atoms with Crippen molar-refractivity contribution in [1.82, 2.24) is 34.9 Å². The Morgan fingerprint density at radius 1 is 1.36 bits per heavy atom. The molecular formula is C19H24N8O. The van der Waals surface area contributed by atoms with Crippen LogP contribution in [0, 0.1) is 6.92 Å². The van der Waals surface area contributed by atoms with Crippen molar-refractivity contribution in [1.29, 1.82) is 0 Å². The van der Waals surface area contributed by atoms with E-state index in [1.165, 1.54) is 0 Å². The van der Waals surface area contributed by atoms with Gasteiger partial charge in [0, 0.05) is 43.1 Å². The van der Waals surface area contributed by atoms with E-state index in [2.05, 4.69) is 25.9 Å². The number of carbonyl (C=O) groups excluding carboxylic acids is 1. The van der Waals surface area contributed by atoms with Gasteiger partial charge in [-0.15, -0.1) is 5.10 Å². The van der Waals surface area contributed by atoms with E-state index in [0.29, 0.717) is 12.4 Å². The average Bonchev–Trinajstić information content (AvgIpc) is 3.40. The predicted octanol–water partition coefficient (Wildman–Crippen LogP) is 2.77. The minimum Gasteiger partial charge on any atom is -0.317 e. The highest BCUT2D eigenvalue weighted by molar-refractivity contribution is 5.90. The van der Waals surface area contributed by atoms with Crippen molar-refractivity contribution in [2.24, 2.45) is 7.05 Å². The van der Waals surface area contributed by atoms with Crippen molar-refractivity contribution < 1.29 is 4.79 Å². The van der Waals surface area contributed by atoms with Gasteiger partial charge in [-0.3, -0.25) is 4.68 Å². The Hall–Kier alpha value is -3.23. The largest absolute Gasteiger partial charge is 0.322 e. The summed E-state index contributed by atoms with van der Waals surface area (Å²) in [4.78, 5) is 14.9. The van der Waals surface area contributed by atoms with Gasteiger partial charge in [-0.1, -0.05) is 12.1 Å². The molecule has 0 saturated carbocycles. The van der Waals surface area contributed by atoms with Crippen LogP contribution in [0.15, 0.2) is 30.5 Å². The van der Waals surface area contributed by atoms with E-state index in [1.807, 2.05) is 56.3 Å². The lowest BCUT2D eigenvalue weighted by atomic mass is 10.1. The van der Waals surface area contributed by atoms with Crippen LogP contribution in [-0.2, 0) is 13.6 Å². The van der Waals surface area contributed by atoms with Gasteiger partial charge in [-0.05, 0) is 49.2 Å². The second kappa shape index (κ2) is 7.41. The lowest BCUT2D eigenvalue weighted by Gasteiger charge is -2.25. The van der Waals surface area contributed by atoms with Crippen LogP contribution in [0.1, 0.15) is 37.1 Å². The van der Waals surface area contributed by atoms with Gasteiger partial charge < -0.3 is 10.2 Å². The van der Waals surface area contributed by atoms with Crippen LogP contribution in [0.25, 0.3) is 11.4 Å². The molecule has 28 heavy (non-hydrogen) atoms. The fraction of sp³-hybridized carbons (Fsp3) is 0.421. The van der Waals surface area contributed by atoms with Crippen LogP contribution in [-0.4, -0.2) is 47.5 Å². The van der Waals surface area contributed by atoms with Crippen LogP contribution in [0.4, 0.5) is 10.5 Å². The number of aryl methyl sites for hydroxylation is 3. The second-order valence-electron chi connectivity index (χ2n) is 7.02. The number of rotatable bonds is 4. The maximum atomic E-state index is 13.0. The quantitative estimate of drug-likeness (QED) is 0.751. The first kappa shape index (κ1) is 18.1. The molecular weight excluding hydrogens is 356 g/mol. The van der Waals surface area contributed by atoms with Gasteiger partial charge in [-0.25, -0.2) is 9.48 Å².